The van der Waals surface area contributed by atoms with Crippen LogP contribution >= 0.6 is 23.5 Å². The van der Waals surface area contributed by atoms with Crippen molar-refractivity contribution in [3.8, 4) is 0 Å². The van der Waals surface area contributed by atoms with Gasteiger partial charge in [0.15, 0.2) is 5.82 Å². The smallest absolute Gasteiger partial charge is 0.228 e. The molecule has 1 aromatic rings. The van der Waals surface area contributed by atoms with Crippen LogP contribution in [0.5, 0.6) is 0 Å². The van der Waals surface area contributed by atoms with Crippen molar-refractivity contribution in [3.63, 3.8) is 0 Å². The van der Waals surface area contributed by atoms with Gasteiger partial charge in [0.05, 0.1) is 5.25 Å². The van der Waals surface area contributed by atoms with Gasteiger partial charge >= 0.3 is 0 Å². The third-order valence-electron chi connectivity index (χ3n) is 3.33. The molecule has 3 atom stereocenters. The summed E-state index contributed by atoms with van der Waals surface area (Å²) in [5.41, 5.74) is 0. The molecule has 1 aliphatic heterocycles. The minimum atomic E-state index is 0.385. The summed E-state index contributed by atoms with van der Waals surface area (Å²) in [5.74, 6) is 4.06. The van der Waals surface area contributed by atoms with Crippen molar-refractivity contribution in [2.45, 2.75) is 50.2 Å². The lowest BCUT2D eigenvalue weighted by Crippen LogP contribution is -2.30. The highest BCUT2D eigenvalue weighted by Crippen LogP contribution is 2.41. The van der Waals surface area contributed by atoms with Gasteiger partial charge < -0.3 is 9.84 Å². The predicted octanol–water partition coefficient (Wildman–Crippen LogP) is 2.91. The van der Waals surface area contributed by atoms with E-state index >= 15 is 0 Å². The third kappa shape index (κ3) is 4.13. The molecular formula is C13H23N3OS2. The fraction of sp³-hybridized carbons (Fsp3) is 0.846. The van der Waals surface area contributed by atoms with Crippen LogP contribution in [0.1, 0.15) is 44.2 Å². The molecule has 0 amide bonds. The largest absolute Gasteiger partial charge is 0.339 e. The van der Waals surface area contributed by atoms with E-state index < -0.39 is 0 Å². The van der Waals surface area contributed by atoms with Crippen molar-refractivity contribution in [2.75, 3.05) is 18.1 Å². The Balaban J connectivity index is 1.97. The van der Waals surface area contributed by atoms with Crippen molar-refractivity contribution in [2.24, 2.45) is 0 Å². The molecule has 0 radical (unpaired) electrons. The summed E-state index contributed by atoms with van der Waals surface area (Å²) >= 11 is 3.95. The Labute approximate surface area is 123 Å². The summed E-state index contributed by atoms with van der Waals surface area (Å²) in [7, 11) is 0. The number of rotatable bonds is 6. The normalized spacial score (nSPS) is 25.4. The highest BCUT2D eigenvalue weighted by molar-refractivity contribution is 8.06. The number of nitrogens with zero attached hydrogens (tertiary/aromatic N) is 2. The van der Waals surface area contributed by atoms with E-state index in [9.17, 15) is 0 Å². The van der Waals surface area contributed by atoms with Crippen molar-refractivity contribution in [1.82, 2.24) is 15.5 Å². The molecule has 2 rings (SSSR count). The Morgan fingerprint density at radius 2 is 2.16 bits per heavy atom. The zero-order chi connectivity index (χ0) is 13.7. The summed E-state index contributed by atoms with van der Waals surface area (Å²) < 4.78 is 5.42. The number of aromatic nitrogens is 2. The van der Waals surface area contributed by atoms with Crippen molar-refractivity contribution >= 4 is 23.5 Å². The first-order valence-electron chi connectivity index (χ1n) is 7.03. The molecular weight excluding hydrogens is 278 g/mol. The molecule has 1 fully saturated rings. The van der Waals surface area contributed by atoms with Crippen LogP contribution in [0.3, 0.4) is 0 Å². The molecule has 4 nitrogen and oxygen atoms in total. The van der Waals surface area contributed by atoms with Gasteiger partial charge in [0.1, 0.15) is 0 Å². The van der Waals surface area contributed by atoms with E-state index in [1.54, 1.807) is 0 Å². The summed E-state index contributed by atoms with van der Waals surface area (Å²) in [6.07, 6.45) is 1.91. The number of thioether (sulfide) groups is 2. The van der Waals surface area contributed by atoms with Crippen LogP contribution in [0.15, 0.2) is 4.52 Å². The van der Waals surface area contributed by atoms with Crippen LogP contribution in [-0.2, 0) is 6.42 Å². The third-order valence-corrected chi connectivity index (χ3v) is 6.42. The van der Waals surface area contributed by atoms with Gasteiger partial charge in [-0.2, -0.15) is 16.7 Å². The Hall–Kier alpha value is -0.200. The van der Waals surface area contributed by atoms with Crippen LogP contribution in [0.25, 0.3) is 0 Å². The molecule has 1 aromatic heterocycles. The average molecular weight is 301 g/mol. The van der Waals surface area contributed by atoms with E-state index in [-0.39, 0.29) is 0 Å². The van der Waals surface area contributed by atoms with Gasteiger partial charge in [0.25, 0.3) is 0 Å². The van der Waals surface area contributed by atoms with Gasteiger partial charge in [0, 0.05) is 29.2 Å². The minimum Gasteiger partial charge on any atom is -0.339 e. The second-order valence-corrected chi connectivity index (χ2v) is 7.52. The highest BCUT2D eigenvalue weighted by atomic mass is 32.2. The fourth-order valence-corrected chi connectivity index (χ4v) is 4.92. The lowest BCUT2D eigenvalue weighted by molar-refractivity contribution is 0.351. The van der Waals surface area contributed by atoms with E-state index in [1.807, 2.05) is 23.5 Å². The molecule has 0 spiro atoms. The van der Waals surface area contributed by atoms with Crippen LogP contribution in [0, 0.1) is 0 Å². The molecule has 108 valence electrons. The number of hydrogen-bond donors (Lipinski definition) is 1. The number of likely N-dealkylation sites (N-methyl/N-ethyl adjacent to an activating group) is 1. The summed E-state index contributed by atoms with van der Waals surface area (Å²) in [6, 6.07) is 0.434. The van der Waals surface area contributed by atoms with Crippen molar-refractivity contribution < 1.29 is 4.52 Å². The van der Waals surface area contributed by atoms with Crippen LogP contribution in [0.2, 0.25) is 0 Å². The molecule has 19 heavy (non-hydrogen) atoms. The molecule has 1 N–H and O–H groups in total. The van der Waals surface area contributed by atoms with Gasteiger partial charge in [-0.3, -0.25) is 0 Å². The molecule has 1 aliphatic rings. The van der Waals surface area contributed by atoms with E-state index in [0.29, 0.717) is 16.5 Å². The maximum Gasteiger partial charge on any atom is 0.228 e. The molecule has 1 saturated heterocycles. The lowest BCUT2D eigenvalue weighted by Gasteiger charge is -2.24. The van der Waals surface area contributed by atoms with E-state index in [2.05, 4.69) is 36.2 Å². The number of hydrogen-bond acceptors (Lipinski definition) is 6. The first kappa shape index (κ1) is 15.2. The number of nitrogens with one attached hydrogen (secondary N) is 1. The maximum atomic E-state index is 5.42. The SMILES string of the molecule is CCNC(CC)Cc1nc(C2SCCSC2C)no1. The quantitative estimate of drug-likeness (QED) is 0.872. The standard InChI is InChI=1S/C13H23N3OS2/c1-4-10(14-5-2)8-11-15-13(16-17-11)12-9(3)18-6-7-19-12/h9-10,12,14H,4-8H2,1-3H3. The van der Waals surface area contributed by atoms with Crippen LogP contribution in [-0.4, -0.2) is 39.5 Å². The fourth-order valence-electron chi connectivity index (χ4n) is 2.24. The topological polar surface area (TPSA) is 51.0 Å². The van der Waals surface area contributed by atoms with Gasteiger partial charge in [-0.05, 0) is 13.0 Å². The summed E-state index contributed by atoms with van der Waals surface area (Å²) in [5, 5.41) is 8.59. The Morgan fingerprint density at radius 1 is 1.37 bits per heavy atom. The van der Waals surface area contributed by atoms with Crippen molar-refractivity contribution in [1.29, 1.82) is 0 Å². The molecule has 0 aromatic carbocycles. The second-order valence-electron chi connectivity index (χ2n) is 4.78. The van der Waals surface area contributed by atoms with Gasteiger partial charge in [-0.1, -0.05) is 25.9 Å². The Bertz CT molecular complexity index is 386. The van der Waals surface area contributed by atoms with E-state index in [4.69, 9.17) is 4.52 Å². The monoisotopic (exact) mass is 301 g/mol. The van der Waals surface area contributed by atoms with Crippen LogP contribution in [0.4, 0.5) is 0 Å². The van der Waals surface area contributed by atoms with Crippen LogP contribution < -0.4 is 5.32 Å². The lowest BCUT2D eigenvalue weighted by atomic mass is 10.1. The zero-order valence-electron chi connectivity index (χ0n) is 11.9. The second kappa shape index (κ2) is 7.55. The average Bonchev–Trinajstić information content (AvgIpc) is 2.87. The van der Waals surface area contributed by atoms with E-state index in [0.717, 1.165) is 31.1 Å². The molecule has 0 saturated carbocycles. The van der Waals surface area contributed by atoms with Gasteiger partial charge in [0.2, 0.25) is 5.89 Å². The molecule has 0 aliphatic carbocycles. The molecule has 2 heterocycles. The maximum absolute atomic E-state index is 5.42. The molecule has 3 unspecified atom stereocenters. The first-order valence-corrected chi connectivity index (χ1v) is 9.13. The van der Waals surface area contributed by atoms with Crippen molar-refractivity contribution in [3.05, 3.63) is 11.7 Å². The minimum absolute atomic E-state index is 0.385. The summed E-state index contributed by atoms with van der Waals surface area (Å²) in [6.45, 7) is 7.54. The molecule has 6 heteroatoms. The van der Waals surface area contributed by atoms with Gasteiger partial charge in [-0.15, -0.1) is 11.8 Å². The van der Waals surface area contributed by atoms with E-state index in [1.165, 1.54) is 11.5 Å². The Kier molecular flexibility index (Phi) is 6.04. The Morgan fingerprint density at radius 3 is 2.84 bits per heavy atom. The van der Waals surface area contributed by atoms with Gasteiger partial charge in [-0.25, -0.2) is 0 Å². The zero-order valence-corrected chi connectivity index (χ0v) is 13.5. The predicted molar refractivity (Wildman–Crippen MR) is 82.9 cm³/mol. The highest BCUT2D eigenvalue weighted by Gasteiger charge is 2.28. The summed E-state index contributed by atoms with van der Waals surface area (Å²) in [4.78, 5) is 4.60. The first-order chi connectivity index (χ1) is 9.24. The molecule has 0 bridgehead atoms.